The summed E-state index contributed by atoms with van der Waals surface area (Å²) in [5.41, 5.74) is 7.41. The molecule has 2 aromatic rings. The lowest BCUT2D eigenvalue weighted by Crippen LogP contribution is -2.41. The molecule has 33 heavy (non-hydrogen) atoms. The number of hydrogen-bond donors (Lipinski definition) is 5. The highest BCUT2D eigenvalue weighted by atomic mass is 16.4. The summed E-state index contributed by atoms with van der Waals surface area (Å²) in [6, 6.07) is 5.73. The molecule has 2 atom stereocenters. The molecule has 1 aromatic heterocycles. The zero-order chi connectivity index (χ0) is 24.1. The number of H-pyrrole nitrogens is 1. The van der Waals surface area contributed by atoms with Crippen LogP contribution in [0.15, 0.2) is 29.1 Å². The van der Waals surface area contributed by atoms with Crippen molar-refractivity contribution in [1.29, 1.82) is 0 Å². The maximum Gasteiger partial charge on any atom is 0.326 e. The lowest BCUT2D eigenvalue weighted by atomic mass is 10.0. The Hall–Kier alpha value is -3.89. The summed E-state index contributed by atoms with van der Waals surface area (Å²) >= 11 is 0. The summed E-state index contributed by atoms with van der Waals surface area (Å²) in [7, 11) is 1.90. The van der Waals surface area contributed by atoms with Crippen LogP contribution in [0.2, 0.25) is 0 Å². The molecule has 1 aromatic carbocycles. The quantitative estimate of drug-likeness (QED) is 0.345. The molecule has 1 aliphatic heterocycles. The van der Waals surface area contributed by atoms with Gasteiger partial charge in [-0.1, -0.05) is 12.1 Å². The van der Waals surface area contributed by atoms with E-state index >= 15 is 0 Å². The number of aromatic nitrogens is 2. The van der Waals surface area contributed by atoms with Gasteiger partial charge in [-0.3, -0.25) is 19.4 Å². The fourth-order valence-electron chi connectivity index (χ4n) is 3.95. The molecule has 2 heterocycles. The first-order valence-electron chi connectivity index (χ1n) is 10.6. The Bertz CT molecular complexity index is 1100. The number of aliphatic carboxylic acids is 2. The van der Waals surface area contributed by atoms with Gasteiger partial charge in [0.2, 0.25) is 5.95 Å². The topological polar surface area (TPSA) is 179 Å². The van der Waals surface area contributed by atoms with Gasteiger partial charge in [-0.05, 0) is 43.4 Å². The Kier molecular flexibility index (Phi) is 7.31. The average Bonchev–Trinajstić information content (AvgIpc) is 3.07. The van der Waals surface area contributed by atoms with Crippen molar-refractivity contribution in [2.75, 3.05) is 17.7 Å². The monoisotopic (exact) mass is 457 g/mol. The minimum absolute atomic E-state index is 0.104. The molecular weight excluding hydrogens is 430 g/mol. The molecule has 0 saturated carbocycles. The lowest BCUT2D eigenvalue weighted by molar-refractivity contribution is -0.140. The highest BCUT2D eigenvalue weighted by molar-refractivity contribution is 5.96. The third-order valence-electron chi connectivity index (χ3n) is 5.80. The number of aromatic amines is 1. The molecule has 3 rings (SSSR count). The Morgan fingerprint density at radius 2 is 1.97 bits per heavy atom. The second-order valence-electron chi connectivity index (χ2n) is 8.11. The average molecular weight is 457 g/mol. The SMILES string of the molecule is CN1c2nc(N)[nH]c(=O)c2CC1CCCc1ccc(C(=O)N[C@@H](CCC(=O)O)C(=O)O)cc1. The van der Waals surface area contributed by atoms with Crippen molar-refractivity contribution in [2.45, 2.75) is 50.6 Å². The van der Waals surface area contributed by atoms with Crippen LogP contribution in [0.5, 0.6) is 0 Å². The molecule has 176 valence electrons. The highest BCUT2D eigenvalue weighted by Gasteiger charge is 2.30. The van der Waals surface area contributed by atoms with Crippen molar-refractivity contribution in [3.8, 4) is 0 Å². The van der Waals surface area contributed by atoms with E-state index in [0.29, 0.717) is 23.4 Å². The number of aryl methyl sites for hydroxylation is 1. The molecule has 0 aliphatic carbocycles. The minimum Gasteiger partial charge on any atom is -0.481 e. The summed E-state index contributed by atoms with van der Waals surface area (Å²) in [6.45, 7) is 0. The number of rotatable bonds is 10. The van der Waals surface area contributed by atoms with Gasteiger partial charge in [0.05, 0.1) is 5.56 Å². The van der Waals surface area contributed by atoms with Crippen LogP contribution in [0, 0.1) is 0 Å². The predicted octanol–water partition coefficient (Wildman–Crippen LogP) is 0.784. The maximum atomic E-state index is 12.3. The van der Waals surface area contributed by atoms with E-state index in [9.17, 15) is 24.3 Å². The number of amides is 1. The number of carboxylic acid groups (broad SMARTS) is 2. The fraction of sp³-hybridized carbons (Fsp3) is 0.409. The number of hydrogen-bond acceptors (Lipinski definition) is 7. The van der Waals surface area contributed by atoms with Crippen molar-refractivity contribution in [1.82, 2.24) is 15.3 Å². The first-order chi connectivity index (χ1) is 15.7. The van der Waals surface area contributed by atoms with E-state index in [-0.39, 0.29) is 30.4 Å². The van der Waals surface area contributed by atoms with Crippen LogP contribution in [0.3, 0.4) is 0 Å². The van der Waals surface area contributed by atoms with Crippen LogP contribution in [-0.4, -0.2) is 57.2 Å². The lowest BCUT2D eigenvalue weighted by Gasteiger charge is -2.21. The van der Waals surface area contributed by atoms with E-state index in [0.717, 1.165) is 24.8 Å². The number of nitrogens with one attached hydrogen (secondary N) is 2. The molecule has 1 amide bonds. The van der Waals surface area contributed by atoms with Crippen LogP contribution >= 0.6 is 0 Å². The van der Waals surface area contributed by atoms with Gasteiger partial charge in [0.15, 0.2) is 0 Å². The van der Waals surface area contributed by atoms with Crippen molar-refractivity contribution >= 4 is 29.6 Å². The van der Waals surface area contributed by atoms with Crippen LogP contribution in [0.1, 0.15) is 47.2 Å². The van der Waals surface area contributed by atoms with Gasteiger partial charge in [0.1, 0.15) is 11.9 Å². The van der Waals surface area contributed by atoms with E-state index in [4.69, 9.17) is 10.8 Å². The molecule has 0 saturated heterocycles. The molecule has 0 bridgehead atoms. The summed E-state index contributed by atoms with van der Waals surface area (Å²) in [5.74, 6) is -2.24. The summed E-state index contributed by atoms with van der Waals surface area (Å²) in [6.07, 6.45) is 2.54. The zero-order valence-corrected chi connectivity index (χ0v) is 18.2. The Morgan fingerprint density at radius 3 is 2.61 bits per heavy atom. The van der Waals surface area contributed by atoms with Gasteiger partial charge in [0.25, 0.3) is 11.5 Å². The molecule has 0 radical (unpaired) electrons. The zero-order valence-electron chi connectivity index (χ0n) is 18.2. The predicted molar refractivity (Wildman–Crippen MR) is 120 cm³/mol. The molecule has 11 heteroatoms. The number of likely N-dealkylation sites (N-methyl/N-ethyl adjacent to an activating group) is 1. The fourth-order valence-corrected chi connectivity index (χ4v) is 3.95. The van der Waals surface area contributed by atoms with Crippen LogP contribution in [-0.2, 0) is 22.4 Å². The first kappa shape index (κ1) is 23.8. The third kappa shape index (κ3) is 5.88. The number of carbonyl (C=O) groups excluding carboxylic acids is 1. The van der Waals surface area contributed by atoms with Gasteiger partial charge in [-0.15, -0.1) is 0 Å². The summed E-state index contributed by atoms with van der Waals surface area (Å²) in [5, 5.41) is 20.3. The molecule has 11 nitrogen and oxygen atoms in total. The van der Waals surface area contributed by atoms with Crippen LogP contribution in [0.25, 0.3) is 0 Å². The Morgan fingerprint density at radius 1 is 1.27 bits per heavy atom. The standard InChI is InChI=1S/C22H27N5O6/c1-27-14(11-15-18(27)25-22(23)26-20(15)31)4-2-3-12-5-7-13(8-6-12)19(30)24-16(21(32)33)9-10-17(28)29/h5-8,14,16H,2-4,9-11H2,1H3,(H,24,30)(H,28,29)(H,32,33)(H3,23,25,26,31)/t14?,16-/m0/s1. The molecular formula is C22H27N5O6. The molecule has 0 spiro atoms. The highest BCUT2D eigenvalue weighted by Crippen LogP contribution is 2.29. The second-order valence-corrected chi connectivity index (χ2v) is 8.11. The number of benzene rings is 1. The molecule has 1 unspecified atom stereocenters. The largest absolute Gasteiger partial charge is 0.481 e. The summed E-state index contributed by atoms with van der Waals surface area (Å²) < 4.78 is 0. The number of nitrogen functional groups attached to an aromatic ring is 1. The van der Waals surface area contributed by atoms with E-state index in [1.54, 1.807) is 12.1 Å². The van der Waals surface area contributed by atoms with Gasteiger partial charge in [-0.25, -0.2) is 4.79 Å². The summed E-state index contributed by atoms with van der Waals surface area (Å²) in [4.78, 5) is 55.1. The van der Waals surface area contributed by atoms with Crippen molar-refractivity contribution < 1.29 is 24.6 Å². The first-order valence-corrected chi connectivity index (χ1v) is 10.6. The molecule has 0 fully saturated rings. The number of fused-ring (bicyclic) bond motifs is 1. The third-order valence-corrected chi connectivity index (χ3v) is 5.80. The van der Waals surface area contributed by atoms with E-state index in [1.165, 1.54) is 0 Å². The van der Waals surface area contributed by atoms with Crippen molar-refractivity contribution in [3.05, 3.63) is 51.3 Å². The van der Waals surface area contributed by atoms with E-state index in [1.807, 2.05) is 24.1 Å². The normalized spacial score (nSPS) is 15.7. The number of carboxylic acids is 2. The number of nitrogens with two attached hydrogens (primary N) is 1. The van der Waals surface area contributed by atoms with Gasteiger partial charge in [0, 0.05) is 31.5 Å². The number of carbonyl (C=O) groups is 3. The van der Waals surface area contributed by atoms with Gasteiger partial charge < -0.3 is 26.2 Å². The van der Waals surface area contributed by atoms with Crippen molar-refractivity contribution in [3.63, 3.8) is 0 Å². The minimum atomic E-state index is -1.28. The van der Waals surface area contributed by atoms with Crippen molar-refractivity contribution in [2.24, 2.45) is 0 Å². The maximum absolute atomic E-state index is 12.3. The smallest absolute Gasteiger partial charge is 0.326 e. The van der Waals surface area contributed by atoms with E-state index < -0.39 is 23.9 Å². The number of anilines is 2. The Balaban J connectivity index is 1.51. The Labute approximate surface area is 189 Å². The molecule has 6 N–H and O–H groups in total. The number of nitrogens with zero attached hydrogens (tertiary/aromatic N) is 2. The second kappa shape index (κ2) is 10.2. The van der Waals surface area contributed by atoms with E-state index in [2.05, 4.69) is 15.3 Å². The van der Waals surface area contributed by atoms with Crippen LogP contribution < -0.4 is 21.5 Å². The van der Waals surface area contributed by atoms with Gasteiger partial charge in [-0.2, -0.15) is 4.98 Å². The van der Waals surface area contributed by atoms with Crippen LogP contribution in [0.4, 0.5) is 11.8 Å². The van der Waals surface area contributed by atoms with Gasteiger partial charge >= 0.3 is 11.9 Å². The molecule has 1 aliphatic rings.